The van der Waals surface area contributed by atoms with Gasteiger partial charge in [0.1, 0.15) is 0 Å². The van der Waals surface area contributed by atoms with E-state index in [0.29, 0.717) is 16.5 Å². The zero-order valence-electron chi connectivity index (χ0n) is 13.1. The Morgan fingerprint density at radius 1 is 1.33 bits per heavy atom. The summed E-state index contributed by atoms with van der Waals surface area (Å²) in [5.41, 5.74) is 6.65. The largest absolute Gasteiger partial charge is 0.359 e. The quantitative estimate of drug-likeness (QED) is 0.500. The number of nitrogens with one attached hydrogen (secondary N) is 1. The normalized spacial score (nSPS) is 10.8. The van der Waals surface area contributed by atoms with Gasteiger partial charge in [0.25, 0.3) is 11.5 Å². The van der Waals surface area contributed by atoms with Gasteiger partial charge in [-0.2, -0.15) is 0 Å². The van der Waals surface area contributed by atoms with Crippen molar-refractivity contribution in [2.75, 3.05) is 0 Å². The van der Waals surface area contributed by atoms with Crippen molar-refractivity contribution in [2.24, 2.45) is 5.73 Å². The second-order valence-electron chi connectivity index (χ2n) is 5.71. The van der Waals surface area contributed by atoms with E-state index < -0.39 is 5.91 Å². The number of aromatic nitrogens is 2. The zero-order chi connectivity index (χ0) is 17.4. The molecule has 0 radical (unpaired) electrons. The summed E-state index contributed by atoms with van der Waals surface area (Å²) in [4.78, 5) is 30.7. The number of carbonyl (C=O) groups excluding carboxylic acids is 1. The molecule has 0 bridgehead atoms. The SMILES string of the molecule is CC(C)c1nc2c(C#CC(N)=O)c[nH]c(=O)c2c2cc(Br)ccc12. The lowest BCUT2D eigenvalue weighted by Crippen LogP contribution is -2.10. The monoisotopic (exact) mass is 383 g/mol. The van der Waals surface area contributed by atoms with Crippen LogP contribution >= 0.6 is 15.9 Å². The molecule has 0 fully saturated rings. The molecule has 0 aliphatic carbocycles. The Morgan fingerprint density at radius 2 is 2.08 bits per heavy atom. The summed E-state index contributed by atoms with van der Waals surface area (Å²) < 4.78 is 0.866. The van der Waals surface area contributed by atoms with Crippen molar-refractivity contribution in [1.82, 2.24) is 9.97 Å². The first-order chi connectivity index (χ1) is 11.4. The fraction of sp³-hybridized carbons (Fsp3) is 0.167. The molecule has 0 aliphatic heterocycles. The van der Waals surface area contributed by atoms with Crippen LogP contribution in [0.4, 0.5) is 0 Å². The van der Waals surface area contributed by atoms with Gasteiger partial charge in [0.15, 0.2) is 0 Å². The van der Waals surface area contributed by atoms with Crippen molar-refractivity contribution in [3.05, 3.63) is 50.5 Å². The lowest BCUT2D eigenvalue weighted by molar-refractivity contribution is -0.112. The molecule has 3 N–H and O–H groups in total. The van der Waals surface area contributed by atoms with Crippen LogP contribution in [-0.2, 0) is 4.79 Å². The van der Waals surface area contributed by atoms with Gasteiger partial charge < -0.3 is 10.7 Å². The Morgan fingerprint density at radius 3 is 2.75 bits per heavy atom. The summed E-state index contributed by atoms with van der Waals surface area (Å²) in [5, 5.41) is 2.17. The smallest absolute Gasteiger partial charge is 0.293 e. The number of carbonyl (C=O) groups is 1. The van der Waals surface area contributed by atoms with Crippen LogP contribution < -0.4 is 11.3 Å². The highest BCUT2D eigenvalue weighted by Crippen LogP contribution is 2.31. The molecule has 0 saturated carbocycles. The minimum absolute atomic E-state index is 0.161. The van der Waals surface area contributed by atoms with E-state index in [1.54, 1.807) is 0 Å². The van der Waals surface area contributed by atoms with Crippen molar-refractivity contribution >= 4 is 43.5 Å². The molecule has 2 aromatic heterocycles. The van der Waals surface area contributed by atoms with Crippen molar-refractivity contribution in [3.8, 4) is 11.8 Å². The molecule has 0 unspecified atom stereocenters. The third kappa shape index (κ3) is 2.79. The first-order valence-corrected chi connectivity index (χ1v) is 8.13. The molecule has 5 nitrogen and oxygen atoms in total. The van der Waals surface area contributed by atoms with E-state index in [1.165, 1.54) is 6.20 Å². The van der Waals surface area contributed by atoms with Gasteiger partial charge >= 0.3 is 0 Å². The lowest BCUT2D eigenvalue weighted by atomic mass is 9.98. The number of H-pyrrole nitrogens is 1. The zero-order valence-corrected chi connectivity index (χ0v) is 14.7. The highest BCUT2D eigenvalue weighted by Gasteiger charge is 2.15. The second kappa shape index (κ2) is 6.10. The van der Waals surface area contributed by atoms with Crippen LogP contribution in [0.3, 0.4) is 0 Å². The molecule has 0 atom stereocenters. The molecule has 6 heteroatoms. The molecule has 0 saturated heterocycles. The average molecular weight is 384 g/mol. The summed E-state index contributed by atoms with van der Waals surface area (Å²) in [5.74, 6) is 4.42. The Hall–Kier alpha value is -2.65. The van der Waals surface area contributed by atoms with E-state index in [9.17, 15) is 9.59 Å². The predicted molar refractivity (Wildman–Crippen MR) is 97.7 cm³/mol. The van der Waals surface area contributed by atoms with E-state index in [1.807, 2.05) is 32.0 Å². The van der Waals surface area contributed by atoms with Crippen LogP contribution in [0, 0.1) is 11.8 Å². The molecule has 2 heterocycles. The van der Waals surface area contributed by atoms with Gasteiger partial charge in [-0.05, 0) is 23.4 Å². The minimum Gasteiger partial charge on any atom is -0.359 e. The Kier molecular flexibility index (Phi) is 4.12. The molecular weight excluding hydrogens is 370 g/mol. The number of halogens is 1. The summed E-state index contributed by atoms with van der Waals surface area (Å²) >= 11 is 3.45. The Labute approximate surface area is 146 Å². The van der Waals surface area contributed by atoms with Crippen LogP contribution in [0.5, 0.6) is 0 Å². The molecule has 0 spiro atoms. The Bertz CT molecular complexity index is 1100. The predicted octanol–water partition coefficient (Wildman–Crippen LogP) is 2.80. The first kappa shape index (κ1) is 16.2. The van der Waals surface area contributed by atoms with Gasteiger partial charge in [0.2, 0.25) is 0 Å². The molecule has 0 aliphatic rings. The van der Waals surface area contributed by atoms with E-state index >= 15 is 0 Å². The fourth-order valence-electron chi connectivity index (χ4n) is 2.68. The summed E-state index contributed by atoms with van der Waals surface area (Å²) in [7, 11) is 0. The first-order valence-electron chi connectivity index (χ1n) is 7.34. The standard InChI is InChI=1S/C18H14BrN3O2/c1-9(2)16-12-5-4-11(19)7-13(12)15-17(22-16)10(3-6-14(20)23)8-21-18(15)24/h4-5,7-9H,1-2H3,(H2,20,23)(H,21,24). The molecule has 120 valence electrons. The molecule has 3 aromatic rings. The van der Waals surface area contributed by atoms with Gasteiger partial charge in [0, 0.05) is 22.0 Å². The molecule has 1 amide bonds. The third-order valence-corrected chi connectivity index (χ3v) is 4.19. The molecular formula is C18H14BrN3O2. The molecule has 24 heavy (non-hydrogen) atoms. The molecule has 1 aromatic carbocycles. The van der Waals surface area contributed by atoms with Crippen LogP contribution in [-0.4, -0.2) is 15.9 Å². The minimum atomic E-state index is -0.734. The van der Waals surface area contributed by atoms with E-state index in [-0.39, 0.29) is 11.5 Å². The number of rotatable bonds is 1. The van der Waals surface area contributed by atoms with E-state index in [2.05, 4.69) is 37.7 Å². The van der Waals surface area contributed by atoms with E-state index in [0.717, 1.165) is 20.9 Å². The number of benzene rings is 1. The number of fused-ring (bicyclic) bond motifs is 3. The van der Waals surface area contributed by atoms with Gasteiger partial charge in [0.05, 0.1) is 22.2 Å². The number of pyridine rings is 2. The summed E-state index contributed by atoms with van der Waals surface area (Å²) in [6, 6.07) is 5.76. The van der Waals surface area contributed by atoms with Crippen molar-refractivity contribution in [2.45, 2.75) is 19.8 Å². The van der Waals surface area contributed by atoms with Gasteiger partial charge in [-0.25, -0.2) is 0 Å². The number of hydrogen-bond donors (Lipinski definition) is 2. The van der Waals surface area contributed by atoms with Gasteiger partial charge in [-0.1, -0.05) is 41.8 Å². The number of amides is 1. The van der Waals surface area contributed by atoms with Gasteiger partial charge in [-0.3, -0.25) is 14.6 Å². The van der Waals surface area contributed by atoms with Crippen LogP contribution in [0.15, 0.2) is 33.7 Å². The van der Waals surface area contributed by atoms with Crippen molar-refractivity contribution in [1.29, 1.82) is 0 Å². The highest BCUT2D eigenvalue weighted by molar-refractivity contribution is 9.10. The topological polar surface area (TPSA) is 88.8 Å². The number of aromatic amines is 1. The maximum absolute atomic E-state index is 12.4. The molecule has 3 rings (SSSR count). The summed E-state index contributed by atoms with van der Waals surface area (Å²) in [6.45, 7) is 4.08. The van der Waals surface area contributed by atoms with Crippen LogP contribution in [0.1, 0.15) is 31.0 Å². The van der Waals surface area contributed by atoms with Crippen molar-refractivity contribution < 1.29 is 4.79 Å². The average Bonchev–Trinajstić information content (AvgIpc) is 2.52. The van der Waals surface area contributed by atoms with E-state index in [4.69, 9.17) is 5.73 Å². The second-order valence-corrected chi connectivity index (χ2v) is 6.63. The van der Waals surface area contributed by atoms with Crippen LogP contribution in [0.2, 0.25) is 0 Å². The summed E-state index contributed by atoms with van der Waals surface area (Å²) in [6.07, 6.45) is 1.46. The van der Waals surface area contributed by atoms with Crippen molar-refractivity contribution in [3.63, 3.8) is 0 Å². The van der Waals surface area contributed by atoms with Crippen LogP contribution in [0.25, 0.3) is 21.7 Å². The number of nitrogens with two attached hydrogens (primary N) is 1. The van der Waals surface area contributed by atoms with Gasteiger partial charge in [-0.15, -0.1) is 0 Å². The highest BCUT2D eigenvalue weighted by atomic mass is 79.9. The Balaban J connectivity index is 2.55. The maximum atomic E-state index is 12.4. The maximum Gasteiger partial charge on any atom is 0.293 e. The fourth-order valence-corrected chi connectivity index (χ4v) is 3.04. The number of primary amides is 1. The lowest BCUT2D eigenvalue weighted by Gasteiger charge is -2.13. The number of hydrogen-bond acceptors (Lipinski definition) is 3. The third-order valence-electron chi connectivity index (χ3n) is 3.69. The number of nitrogens with zero attached hydrogens (tertiary/aromatic N) is 1.